The summed E-state index contributed by atoms with van der Waals surface area (Å²) in [6, 6.07) is 70.0. The van der Waals surface area contributed by atoms with Crippen molar-refractivity contribution in [3.63, 3.8) is 0 Å². The number of aromatic nitrogens is 5. The Bertz CT molecular complexity index is 2770. The number of rotatable bonds is 6. The summed E-state index contributed by atoms with van der Waals surface area (Å²) in [6.45, 7) is 0. The van der Waals surface area contributed by atoms with Gasteiger partial charge in [0, 0.05) is 22.3 Å². The van der Waals surface area contributed by atoms with Crippen LogP contribution in [0.4, 0.5) is 0 Å². The van der Waals surface area contributed by atoms with Gasteiger partial charge in [-0.15, -0.1) is 0 Å². The molecular formula is C52H35N5. The summed E-state index contributed by atoms with van der Waals surface area (Å²) >= 11 is 0. The zero-order chi connectivity index (χ0) is 37.8. The van der Waals surface area contributed by atoms with E-state index < -0.39 is 10.8 Å². The molecule has 0 saturated heterocycles. The van der Waals surface area contributed by atoms with Crippen LogP contribution >= 0.6 is 0 Å². The second-order valence-electron chi connectivity index (χ2n) is 14.8. The highest BCUT2D eigenvalue weighted by molar-refractivity contribution is 5.76. The third kappa shape index (κ3) is 5.05. The summed E-state index contributed by atoms with van der Waals surface area (Å²) < 4.78 is 0. The zero-order valence-corrected chi connectivity index (χ0v) is 31.0. The quantitative estimate of drug-likeness (QED) is 0.170. The Morgan fingerprint density at radius 1 is 0.316 bits per heavy atom. The van der Waals surface area contributed by atoms with Crippen LogP contribution in [-0.4, -0.2) is 24.9 Å². The van der Waals surface area contributed by atoms with Crippen molar-refractivity contribution >= 4 is 0 Å². The molecule has 3 aliphatic carbocycles. The number of hydrogen-bond acceptors (Lipinski definition) is 5. The third-order valence-corrected chi connectivity index (χ3v) is 11.7. The Morgan fingerprint density at radius 3 is 1.18 bits per heavy atom. The average Bonchev–Trinajstić information content (AvgIpc) is 3.50. The molecule has 0 radical (unpaired) electrons. The van der Waals surface area contributed by atoms with Crippen molar-refractivity contribution in [1.29, 1.82) is 0 Å². The third-order valence-electron chi connectivity index (χ3n) is 11.7. The van der Waals surface area contributed by atoms with Crippen LogP contribution in [0.3, 0.4) is 0 Å². The predicted octanol–water partition coefficient (Wildman–Crippen LogP) is 10.9. The maximum Gasteiger partial charge on any atom is 0.163 e. The molecule has 5 nitrogen and oxygen atoms in total. The molecule has 0 aliphatic heterocycles. The fraction of sp³-hybridized carbons (Fsp3) is 0.0577. The first-order valence-corrected chi connectivity index (χ1v) is 19.4. The highest BCUT2D eigenvalue weighted by Gasteiger charge is 2.59. The minimum absolute atomic E-state index is 0.633. The Balaban J connectivity index is 1.28. The minimum Gasteiger partial charge on any atom is -0.232 e. The van der Waals surface area contributed by atoms with Crippen molar-refractivity contribution in [1.82, 2.24) is 24.9 Å². The molecule has 7 aromatic carbocycles. The van der Waals surface area contributed by atoms with Gasteiger partial charge in [0.05, 0.1) is 16.8 Å². The van der Waals surface area contributed by atoms with Gasteiger partial charge in [0.15, 0.2) is 17.5 Å². The molecule has 2 heterocycles. The summed E-state index contributed by atoms with van der Waals surface area (Å²) in [7, 11) is 0. The van der Waals surface area contributed by atoms with Gasteiger partial charge < -0.3 is 0 Å². The van der Waals surface area contributed by atoms with Gasteiger partial charge in [-0.2, -0.15) is 0 Å². The first kappa shape index (κ1) is 33.0. The summed E-state index contributed by atoms with van der Waals surface area (Å²) in [5.74, 6) is 2.71. The van der Waals surface area contributed by atoms with E-state index in [1.54, 1.807) is 0 Å². The van der Waals surface area contributed by atoms with Gasteiger partial charge in [0.2, 0.25) is 0 Å². The van der Waals surface area contributed by atoms with E-state index in [0.29, 0.717) is 23.9 Å². The van der Waals surface area contributed by atoms with Crippen molar-refractivity contribution in [3.8, 4) is 45.3 Å². The summed E-state index contributed by atoms with van der Waals surface area (Å²) in [5.41, 5.74) is 11.0. The maximum atomic E-state index is 5.58. The number of nitrogens with zero attached hydrogens (tertiary/aromatic N) is 5. The first-order chi connectivity index (χ1) is 28.2. The molecule has 268 valence electrons. The normalized spacial score (nSPS) is 17.5. The SMILES string of the molecule is c1ccc(-c2cc(-c3ccccc3)nc(C34Cc5ccccc5C(c5nc(-c6ccccc6)nc(-c6ccccc6)n5)(c5ccccc53)c3ccccc34)n2)cc1. The molecule has 5 heteroatoms. The minimum atomic E-state index is -0.890. The molecule has 0 amide bonds. The van der Waals surface area contributed by atoms with Crippen LogP contribution < -0.4 is 0 Å². The van der Waals surface area contributed by atoms with Crippen molar-refractivity contribution in [2.24, 2.45) is 0 Å². The van der Waals surface area contributed by atoms with Crippen LogP contribution in [0.5, 0.6) is 0 Å². The van der Waals surface area contributed by atoms with Gasteiger partial charge in [-0.1, -0.05) is 194 Å². The van der Waals surface area contributed by atoms with E-state index in [1.807, 2.05) is 48.5 Å². The van der Waals surface area contributed by atoms with Gasteiger partial charge in [-0.05, 0) is 45.9 Å². The van der Waals surface area contributed by atoms with E-state index >= 15 is 0 Å². The highest BCUT2D eigenvalue weighted by atomic mass is 15.1. The molecule has 0 N–H and O–H groups in total. The van der Waals surface area contributed by atoms with E-state index in [2.05, 4.69) is 152 Å². The van der Waals surface area contributed by atoms with E-state index in [-0.39, 0.29) is 0 Å². The number of benzene rings is 7. The van der Waals surface area contributed by atoms with Crippen molar-refractivity contribution in [2.45, 2.75) is 17.3 Å². The van der Waals surface area contributed by atoms with Crippen molar-refractivity contribution in [3.05, 3.63) is 245 Å². The standard InChI is InChI=1S/C52H35N5/c1-5-19-35(20-6-1)45-33-46(36-21-7-2-8-22-36)54-49(53-45)51-34-39-27-13-14-28-40(39)52(43-31-17-15-29-41(43)51,44-32-18-16-30-42(44)51)50-56-47(37-23-9-3-10-24-37)55-48(57-50)38-25-11-4-12-26-38/h1-33H,34H2. The average molecular weight is 730 g/mol. The van der Waals surface area contributed by atoms with E-state index in [9.17, 15) is 0 Å². The molecule has 0 saturated carbocycles. The van der Waals surface area contributed by atoms with Gasteiger partial charge >= 0.3 is 0 Å². The van der Waals surface area contributed by atoms with Gasteiger partial charge in [0.25, 0.3) is 0 Å². The first-order valence-electron chi connectivity index (χ1n) is 19.4. The van der Waals surface area contributed by atoms with Crippen LogP contribution in [0.2, 0.25) is 0 Å². The summed E-state index contributed by atoms with van der Waals surface area (Å²) in [4.78, 5) is 27.3. The smallest absolute Gasteiger partial charge is 0.163 e. The topological polar surface area (TPSA) is 64.5 Å². The second-order valence-corrected chi connectivity index (χ2v) is 14.8. The summed E-state index contributed by atoms with van der Waals surface area (Å²) in [6.07, 6.45) is 0.646. The van der Waals surface area contributed by atoms with Crippen molar-refractivity contribution in [2.75, 3.05) is 0 Å². The fourth-order valence-electron chi connectivity index (χ4n) is 9.27. The van der Waals surface area contributed by atoms with E-state index in [0.717, 1.165) is 67.3 Å². The molecule has 9 aromatic rings. The molecule has 0 fully saturated rings. The van der Waals surface area contributed by atoms with Crippen LogP contribution in [0, 0.1) is 0 Å². The summed E-state index contributed by atoms with van der Waals surface area (Å²) in [5, 5.41) is 0. The molecular weight excluding hydrogens is 695 g/mol. The maximum absolute atomic E-state index is 5.58. The Morgan fingerprint density at radius 2 is 0.702 bits per heavy atom. The van der Waals surface area contributed by atoms with Gasteiger partial charge in [-0.25, -0.2) is 24.9 Å². The van der Waals surface area contributed by atoms with Crippen LogP contribution in [0.15, 0.2) is 200 Å². The molecule has 3 aliphatic rings. The molecule has 0 unspecified atom stereocenters. The van der Waals surface area contributed by atoms with E-state index in [1.165, 1.54) is 5.56 Å². The molecule has 0 spiro atoms. The molecule has 57 heavy (non-hydrogen) atoms. The highest BCUT2D eigenvalue weighted by Crippen LogP contribution is 2.61. The largest absolute Gasteiger partial charge is 0.232 e. The zero-order valence-electron chi connectivity index (χ0n) is 31.0. The van der Waals surface area contributed by atoms with Crippen LogP contribution in [0.1, 0.15) is 45.0 Å². The Hall–Kier alpha value is -7.37. The predicted molar refractivity (Wildman–Crippen MR) is 225 cm³/mol. The fourth-order valence-corrected chi connectivity index (χ4v) is 9.27. The van der Waals surface area contributed by atoms with Crippen LogP contribution in [0.25, 0.3) is 45.3 Å². The Kier molecular flexibility index (Phi) is 7.61. The monoisotopic (exact) mass is 729 g/mol. The molecule has 2 aromatic heterocycles. The molecule has 12 rings (SSSR count). The lowest BCUT2D eigenvalue weighted by Gasteiger charge is -2.45. The second kappa shape index (κ2) is 13.1. The van der Waals surface area contributed by atoms with E-state index in [4.69, 9.17) is 24.9 Å². The van der Waals surface area contributed by atoms with Crippen LogP contribution in [-0.2, 0) is 17.3 Å². The lowest BCUT2D eigenvalue weighted by atomic mass is 9.57. The number of hydrogen-bond donors (Lipinski definition) is 0. The van der Waals surface area contributed by atoms with Gasteiger partial charge in [-0.3, -0.25) is 0 Å². The Labute approximate surface area is 331 Å². The molecule has 0 atom stereocenters. The van der Waals surface area contributed by atoms with Crippen molar-refractivity contribution < 1.29 is 0 Å². The lowest BCUT2D eigenvalue weighted by Crippen LogP contribution is -2.44. The van der Waals surface area contributed by atoms with Gasteiger partial charge in [0.1, 0.15) is 11.2 Å². The molecule has 2 bridgehead atoms. The lowest BCUT2D eigenvalue weighted by molar-refractivity contribution is 0.536.